The lowest BCUT2D eigenvalue weighted by Gasteiger charge is -2.22. The van der Waals surface area contributed by atoms with Crippen LogP contribution in [0.5, 0.6) is 11.5 Å². The molecule has 4 rings (SSSR count). The van der Waals surface area contributed by atoms with Gasteiger partial charge in [0.2, 0.25) is 5.91 Å². The average molecular weight is 420 g/mol. The highest BCUT2D eigenvalue weighted by atomic mass is 32.2. The molecule has 0 saturated heterocycles. The van der Waals surface area contributed by atoms with Gasteiger partial charge in [0, 0.05) is 11.3 Å². The van der Waals surface area contributed by atoms with Gasteiger partial charge >= 0.3 is 0 Å². The van der Waals surface area contributed by atoms with Crippen molar-refractivity contribution in [3.8, 4) is 11.5 Å². The molecule has 5 heteroatoms. The van der Waals surface area contributed by atoms with Crippen LogP contribution in [0.2, 0.25) is 0 Å². The minimum Gasteiger partial charge on any atom is -0.490 e. The summed E-state index contributed by atoms with van der Waals surface area (Å²) in [4.78, 5) is 14.0. The minimum absolute atomic E-state index is 0.00943. The molecule has 1 amide bonds. The first kappa shape index (κ1) is 20.4. The van der Waals surface area contributed by atoms with Gasteiger partial charge in [0.25, 0.3) is 0 Å². The van der Waals surface area contributed by atoms with Gasteiger partial charge in [-0.3, -0.25) is 4.79 Å². The number of hydrogen-bond acceptors (Lipinski definition) is 4. The van der Waals surface area contributed by atoms with E-state index < -0.39 is 0 Å². The van der Waals surface area contributed by atoms with E-state index in [0.717, 1.165) is 33.9 Å². The molecule has 1 atom stereocenters. The molecule has 3 aromatic carbocycles. The van der Waals surface area contributed by atoms with Gasteiger partial charge in [0.1, 0.15) is 0 Å². The smallest absolute Gasteiger partial charge is 0.233 e. The third-order valence-electron chi connectivity index (χ3n) is 4.95. The van der Waals surface area contributed by atoms with Gasteiger partial charge in [-0.2, -0.15) is 0 Å². The third kappa shape index (κ3) is 4.97. The number of nitrogens with one attached hydrogen (secondary N) is 1. The van der Waals surface area contributed by atoms with Crippen LogP contribution in [0, 0.1) is 0 Å². The molecule has 1 aliphatic rings. The predicted octanol–water partition coefficient (Wildman–Crippen LogP) is 5.23. The van der Waals surface area contributed by atoms with Crippen LogP contribution in [0.4, 0.5) is 0 Å². The first-order chi connectivity index (χ1) is 14.7. The van der Waals surface area contributed by atoms with Gasteiger partial charge in [-0.25, -0.2) is 0 Å². The zero-order valence-electron chi connectivity index (χ0n) is 16.9. The molecular weight excluding hydrogens is 394 g/mol. The zero-order valence-corrected chi connectivity index (χ0v) is 17.7. The summed E-state index contributed by atoms with van der Waals surface area (Å²) in [6, 6.07) is 25.8. The molecular formula is C25H25NO3S. The van der Waals surface area contributed by atoms with E-state index in [2.05, 4.69) is 5.32 Å². The number of benzene rings is 3. The zero-order chi connectivity index (χ0) is 20.8. The first-order valence-electron chi connectivity index (χ1n) is 10.2. The van der Waals surface area contributed by atoms with Gasteiger partial charge < -0.3 is 14.8 Å². The highest BCUT2D eigenvalue weighted by Gasteiger charge is 2.22. The summed E-state index contributed by atoms with van der Waals surface area (Å²) in [7, 11) is 0. The van der Waals surface area contributed by atoms with Crippen LogP contribution in [0.15, 0.2) is 83.8 Å². The summed E-state index contributed by atoms with van der Waals surface area (Å²) in [5.74, 6) is 1.50. The van der Waals surface area contributed by atoms with E-state index >= 15 is 0 Å². The van der Waals surface area contributed by atoms with E-state index in [0.29, 0.717) is 13.2 Å². The van der Waals surface area contributed by atoms with Crippen molar-refractivity contribution < 1.29 is 14.3 Å². The predicted molar refractivity (Wildman–Crippen MR) is 120 cm³/mol. The Morgan fingerprint density at radius 2 is 1.47 bits per heavy atom. The summed E-state index contributed by atoms with van der Waals surface area (Å²) in [6.45, 7) is 3.24. The summed E-state index contributed by atoms with van der Waals surface area (Å²) < 4.78 is 11.5. The van der Waals surface area contributed by atoms with Gasteiger partial charge in [0.05, 0.1) is 24.5 Å². The fourth-order valence-corrected chi connectivity index (χ4v) is 4.29. The van der Waals surface area contributed by atoms with Crippen LogP contribution >= 0.6 is 11.8 Å². The summed E-state index contributed by atoms with van der Waals surface area (Å²) in [5, 5.41) is 2.97. The second-order valence-electron chi connectivity index (χ2n) is 7.18. The van der Waals surface area contributed by atoms with Crippen LogP contribution in [-0.2, 0) is 4.79 Å². The number of fused-ring (bicyclic) bond motifs is 1. The standard InChI is InChI=1S/C25H25NO3S/c1-18(30-21-13-14-22-23(17-21)29-16-8-15-28-22)25(27)26-24(19-9-4-2-5-10-19)20-11-6-3-7-12-20/h2-7,9-14,17-18,24H,8,15-16H2,1H3,(H,26,27). The lowest BCUT2D eigenvalue weighted by molar-refractivity contribution is -0.120. The maximum atomic E-state index is 13.1. The monoisotopic (exact) mass is 419 g/mol. The van der Waals surface area contributed by atoms with Crippen LogP contribution in [0.3, 0.4) is 0 Å². The fourth-order valence-electron chi connectivity index (χ4n) is 3.38. The number of amides is 1. The van der Waals surface area contributed by atoms with Crippen LogP contribution < -0.4 is 14.8 Å². The number of hydrogen-bond donors (Lipinski definition) is 1. The molecule has 1 heterocycles. The molecule has 1 aliphatic heterocycles. The molecule has 3 aromatic rings. The average Bonchev–Trinajstić information content (AvgIpc) is 3.03. The van der Waals surface area contributed by atoms with Crippen molar-refractivity contribution >= 4 is 17.7 Å². The Morgan fingerprint density at radius 1 is 0.867 bits per heavy atom. The van der Waals surface area contributed by atoms with Gasteiger partial charge in [0.15, 0.2) is 11.5 Å². The van der Waals surface area contributed by atoms with Crippen molar-refractivity contribution in [1.82, 2.24) is 5.32 Å². The molecule has 4 nitrogen and oxygen atoms in total. The summed E-state index contributed by atoms with van der Waals surface area (Å²) >= 11 is 1.52. The summed E-state index contributed by atoms with van der Waals surface area (Å²) in [5.41, 5.74) is 2.12. The van der Waals surface area contributed by atoms with E-state index in [1.807, 2.05) is 85.8 Å². The van der Waals surface area contributed by atoms with Gasteiger partial charge in [-0.15, -0.1) is 11.8 Å². The Morgan fingerprint density at radius 3 is 2.10 bits per heavy atom. The maximum Gasteiger partial charge on any atom is 0.233 e. The molecule has 0 radical (unpaired) electrons. The Labute approximate surface area is 181 Å². The minimum atomic E-state index is -0.260. The second kappa shape index (κ2) is 9.72. The Kier molecular flexibility index (Phi) is 6.60. The van der Waals surface area contributed by atoms with Crippen LogP contribution in [0.1, 0.15) is 30.5 Å². The highest BCUT2D eigenvalue weighted by Crippen LogP contribution is 2.35. The molecule has 154 valence electrons. The van der Waals surface area contributed by atoms with Crippen molar-refractivity contribution in [2.75, 3.05) is 13.2 Å². The molecule has 0 fully saturated rings. The molecule has 0 spiro atoms. The SMILES string of the molecule is CC(Sc1ccc2c(c1)OCCCO2)C(=O)NC(c1ccccc1)c1ccccc1. The number of carbonyl (C=O) groups is 1. The normalized spacial score (nSPS) is 14.1. The van der Waals surface area contributed by atoms with E-state index in [4.69, 9.17) is 9.47 Å². The Hall–Kier alpha value is -2.92. The molecule has 0 aliphatic carbocycles. The molecule has 30 heavy (non-hydrogen) atoms. The molecule has 0 saturated carbocycles. The number of ether oxygens (including phenoxy) is 2. The van der Waals surface area contributed by atoms with Crippen molar-refractivity contribution in [2.45, 2.75) is 29.5 Å². The quantitative estimate of drug-likeness (QED) is 0.556. The molecule has 1 unspecified atom stereocenters. The first-order valence-corrected chi connectivity index (χ1v) is 11.1. The van der Waals surface area contributed by atoms with Crippen LogP contribution in [0.25, 0.3) is 0 Å². The molecule has 0 bridgehead atoms. The Balaban J connectivity index is 1.48. The lowest BCUT2D eigenvalue weighted by atomic mass is 9.98. The molecule has 0 aromatic heterocycles. The van der Waals surface area contributed by atoms with Gasteiger partial charge in [-0.1, -0.05) is 60.7 Å². The van der Waals surface area contributed by atoms with Crippen molar-refractivity contribution in [3.63, 3.8) is 0 Å². The van der Waals surface area contributed by atoms with Gasteiger partial charge in [-0.05, 0) is 36.2 Å². The maximum absolute atomic E-state index is 13.1. The Bertz CT molecular complexity index is 939. The topological polar surface area (TPSA) is 47.6 Å². The van der Waals surface area contributed by atoms with E-state index in [1.54, 1.807) is 0 Å². The largest absolute Gasteiger partial charge is 0.490 e. The third-order valence-corrected chi connectivity index (χ3v) is 6.05. The van der Waals surface area contributed by atoms with Crippen molar-refractivity contribution in [1.29, 1.82) is 0 Å². The van der Waals surface area contributed by atoms with Crippen LogP contribution in [-0.4, -0.2) is 24.4 Å². The fraction of sp³-hybridized carbons (Fsp3) is 0.240. The lowest BCUT2D eigenvalue weighted by Crippen LogP contribution is -2.34. The van der Waals surface area contributed by atoms with E-state index in [1.165, 1.54) is 11.8 Å². The number of thioether (sulfide) groups is 1. The van der Waals surface area contributed by atoms with E-state index in [-0.39, 0.29) is 17.2 Å². The highest BCUT2D eigenvalue weighted by molar-refractivity contribution is 8.00. The number of rotatable bonds is 6. The second-order valence-corrected chi connectivity index (χ2v) is 8.60. The number of carbonyl (C=O) groups excluding carboxylic acids is 1. The van der Waals surface area contributed by atoms with Crippen molar-refractivity contribution in [2.24, 2.45) is 0 Å². The summed E-state index contributed by atoms with van der Waals surface area (Å²) in [6.07, 6.45) is 0.871. The molecule has 1 N–H and O–H groups in total. The van der Waals surface area contributed by atoms with E-state index in [9.17, 15) is 4.79 Å². The van der Waals surface area contributed by atoms with Crippen molar-refractivity contribution in [3.05, 3.63) is 90.0 Å².